The maximum Gasteiger partial charge on any atom is 0.272 e. The van der Waals surface area contributed by atoms with Crippen LogP contribution in [-0.2, 0) is 4.79 Å². The van der Waals surface area contributed by atoms with Crippen molar-refractivity contribution in [2.75, 3.05) is 18.4 Å². The number of aryl methyl sites for hydroxylation is 1. The summed E-state index contributed by atoms with van der Waals surface area (Å²) in [6.45, 7) is 4.75. The second-order valence-corrected chi connectivity index (χ2v) is 7.98. The minimum absolute atomic E-state index is 0.0429. The average Bonchev–Trinajstić information content (AvgIpc) is 2.80. The fraction of sp³-hybridized carbons (Fsp3) is 0.280. The Bertz CT molecular complexity index is 1100. The number of anilines is 1. The van der Waals surface area contributed by atoms with Gasteiger partial charge >= 0.3 is 0 Å². The van der Waals surface area contributed by atoms with E-state index in [1.165, 1.54) is 6.92 Å². The highest BCUT2D eigenvalue weighted by Crippen LogP contribution is 2.31. The van der Waals surface area contributed by atoms with Crippen molar-refractivity contribution in [1.82, 2.24) is 14.9 Å². The normalized spacial score (nSPS) is 15.8. The van der Waals surface area contributed by atoms with Gasteiger partial charge in [0.05, 0.1) is 0 Å². The fourth-order valence-corrected chi connectivity index (χ4v) is 3.93. The van der Waals surface area contributed by atoms with Gasteiger partial charge in [0.25, 0.3) is 5.91 Å². The summed E-state index contributed by atoms with van der Waals surface area (Å²) >= 11 is 0. The van der Waals surface area contributed by atoms with Crippen molar-refractivity contribution >= 4 is 17.5 Å². The van der Waals surface area contributed by atoms with Crippen LogP contribution in [0, 0.1) is 6.92 Å². The third kappa shape index (κ3) is 5.29. The monoisotopic (exact) mass is 430 g/mol. The molecule has 3 heterocycles. The second-order valence-electron chi connectivity index (χ2n) is 7.98. The molecule has 1 aromatic carbocycles. The van der Waals surface area contributed by atoms with Gasteiger partial charge in [0, 0.05) is 61.3 Å². The van der Waals surface area contributed by atoms with Gasteiger partial charge in [0.15, 0.2) is 0 Å². The molecule has 1 N–H and O–H groups in total. The number of hydrogen-bond acceptors (Lipinski definition) is 5. The first-order valence-corrected chi connectivity index (χ1v) is 10.7. The minimum atomic E-state index is -0.115. The van der Waals surface area contributed by atoms with Crippen LogP contribution in [0.5, 0.6) is 11.5 Å². The summed E-state index contributed by atoms with van der Waals surface area (Å²) in [6.07, 6.45) is 3.52. The Morgan fingerprint density at radius 3 is 2.62 bits per heavy atom. The van der Waals surface area contributed by atoms with E-state index in [4.69, 9.17) is 9.72 Å². The zero-order chi connectivity index (χ0) is 22.5. The van der Waals surface area contributed by atoms with Crippen molar-refractivity contribution in [3.8, 4) is 11.5 Å². The molecule has 0 saturated carbocycles. The first kappa shape index (κ1) is 21.5. The summed E-state index contributed by atoms with van der Waals surface area (Å²) in [5.41, 5.74) is 2.97. The van der Waals surface area contributed by atoms with Crippen LogP contribution < -0.4 is 10.1 Å². The maximum atomic E-state index is 12.8. The lowest BCUT2D eigenvalue weighted by Gasteiger charge is -2.32. The number of likely N-dealkylation sites (tertiary alicyclic amines) is 1. The molecule has 3 aromatic rings. The lowest BCUT2D eigenvalue weighted by molar-refractivity contribution is -0.114. The van der Waals surface area contributed by atoms with E-state index in [0.29, 0.717) is 23.7 Å². The van der Waals surface area contributed by atoms with Gasteiger partial charge in [-0.15, -0.1) is 0 Å². The smallest absolute Gasteiger partial charge is 0.272 e. The van der Waals surface area contributed by atoms with Crippen LogP contribution in [0.4, 0.5) is 5.69 Å². The highest BCUT2D eigenvalue weighted by Gasteiger charge is 2.27. The molecule has 32 heavy (non-hydrogen) atoms. The number of piperidine rings is 1. The third-order valence-electron chi connectivity index (χ3n) is 5.37. The van der Waals surface area contributed by atoms with E-state index in [1.807, 2.05) is 42.2 Å². The van der Waals surface area contributed by atoms with E-state index in [-0.39, 0.29) is 17.7 Å². The molecule has 2 aromatic heterocycles. The quantitative estimate of drug-likeness (QED) is 0.642. The van der Waals surface area contributed by atoms with Crippen LogP contribution in [0.1, 0.15) is 47.6 Å². The summed E-state index contributed by atoms with van der Waals surface area (Å²) in [7, 11) is 0. The van der Waals surface area contributed by atoms with E-state index >= 15 is 0 Å². The summed E-state index contributed by atoms with van der Waals surface area (Å²) < 4.78 is 6.05. The number of amides is 2. The zero-order valence-corrected chi connectivity index (χ0v) is 18.2. The topological polar surface area (TPSA) is 84.4 Å². The summed E-state index contributed by atoms with van der Waals surface area (Å²) in [5, 5.41) is 2.74. The number of carbonyl (C=O) groups excluding carboxylic acids is 2. The number of nitrogens with one attached hydrogen (secondary N) is 1. The van der Waals surface area contributed by atoms with E-state index in [2.05, 4.69) is 10.3 Å². The van der Waals surface area contributed by atoms with Gasteiger partial charge in [-0.25, -0.2) is 0 Å². The van der Waals surface area contributed by atoms with Crippen molar-refractivity contribution in [1.29, 1.82) is 0 Å². The Kier molecular flexibility index (Phi) is 6.44. The zero-order valence-electron chi connectivity index (χ0n) is 18.2. The molecule has 1 aliphatic heterocycles. The summed E-state index contributed by atoms with van der Waals surface area (Å²) in [5.74, 6) is 1.36. The number of rotatable bonds is 5. The molecule has 7 nitrogen and oxygen atoms in total. The van der Waals surface area contributed by atoms with Gasteiger partial charge in [-0.1, -0.05) is 6.07 Å². The van der Waals surface area contributed by atoms with Crippen molar-refractivity contribution in [3.63, 3.8) is 0 Å². The molecule has 164 valence electrons. The molecule has 0 spiro atoms. The Morgan fingerprint density at radius 1 is 1.09 bits per heavy atom. The fourth-order valence-electron chi connectivity index (χ4n) is 3.93. The number of benzene rings is 1. The van der Waals surface area contributed by atoms with Crippen LogP contribution in [0.2, 0.25) is 0 Å². The van der Waals surface area contributed by atoms with E-state index in [9.17, 15) is 9.59 Å². The van der Waals surface area contributed by atoms with Crippen LogP contribution in [0.15, 0.2) is 60.8 Å². The maximum absolute atomic E-state index is 12.8. The van der Waals surface area contributed by atoms with Crippen LogP contribution >= 0.6 is 0 Å². The van der Waals surface area contributed by atoms with Crippen molar-refractivity contribution < 1.29 is 14.3 Å². The molecule has 1 fully saturated rings. The van der Waals surface area contributed by atoms with E-state index in [0.717, 1.165) is 36.5 Å². The molecular formula is C25H26N4O3. The minimum Gasteiger partial charge on any atom is -0.457 e. The predicted molar refractivity (Wildman–Crippen MR) is 122 cm³/mol. The molecular weight excluding hydrogens is 404 g/mol. The number of ether oxygens (including phenoxy) is 1. The molecule has 1 atom stereocenters. The van der Waals surface area contributed by atoms with Crippen LogP contribution in [0.3, 0.4) is 0 Å². The van der Waals surface area contributed by atoms with Crippen LogP contribution in [0.25, 0.3) is 0 Å². The van der Waals surface area contributed by atoms with Gasteiger partial charge in [0.2, 0.25) is 5.91 Å². The molecule has 4 rings (SSSR count). The highest BCUT2D eigenvalue weighted by molar-refractivity contribution is 5.92. The standard InChI is InChI=1S/C25H26N4O3/c1-17-14-22(32-21-10-8-20(9-11-21)28-18(2)30)15-24(27-17)19-6-5-13-29(16-19)25(31)23-7-3-4-12-26-23/h3-4,7-12,14-15,19H,5-6,13,16H2,1-2H3,(H,28,30)/t19-/m1/s1. The first-order valence-electron chi connectivity index (χ1n) is 10.7. The van der Waals surface area contributed by atoms with Gasteiger partial charge < -0.3 is 15.0 Å². The average molecular weight is 431 g/mol. The summed E-state index contributed by atoms with van der Waals surface area (Å²) in [4.78, 5) is 34.8. The van der Waals surface area contributed by atoms with Crippen LogP contribution in [-0.4, -0.2) is 39.8 Å². The second kappa shape index (κ2) is 9.60. The van der Waals surface area contributed by atoms with Crippen molar-refractivity contribution in [2.45, 2.75) is 32.6 Å². The number of aromatic nitrogens is 2. The molecule has 0 unspecified atom stereocenters. The number of hydrogen-bond donors (Lipinski definition) is 1. The van der Waals surface area contributed by atoms with Gasteiger partial charge in [-0.2, -0.15) is 0 Å². The lowest BCUT2D eigenvalue weighted by atomic mass is 9.93. The lowest BCUT2D eigenvalue weighted by Crippen LogP contribution is -2.39. The predicted octanol–water partition coefficient (Wildman–Crippen LogP) is 4.56. The molecule has 0 aliphatic carbocycles. The molecule has 0 radical (unpaired) electrons. The van der Waals surface area contributed by atoms with Crippen molar-refractivity contribution in [2.24, 2.45) is 0 Å². The van der Waals surface area contributed by atoms with Crippen molar-refractivity contribution in [3.05, 3.63) is 77.9 Å². The molecule has 7 heteroatoms. The van der Waals surface area contributed by atoms with E-state index < -0.39 is 0 Å². The third-order valence-corrected chi connectivity index (χ3v) is 5.37. The molecule has 0 bridgehead atoms. The number of nitrogens with zero attached hydrogens (tertiary/aromatic N) is 3. The highest BCUT2D eigenvalue weighted by atomic mass is 16.5. The Labute approximate surface area is 187 Å². The Hall–Kier alpha value is -3.74. The molecule has 2 amide bonds. The van der Waals surface area contributed by atoms with Gasteiger partial charge in [0.1, 0.15) is 17.2 Å². The Balaban J connectivity index is 1.48. The first-order chi connectivity index (χ1) is 15.5. The molecule has 1 saturated heterocycles. The van der Waals surface area contributed by atoms with Gasteiger partial charge in [-0.05, 0) is 56.2 Å². The number of pyridine rings is 2. The molecule has 1 aliphatic rings. The van der Waals surface area contributed by atoms with Gasteiger partial charge in [-0.3, -0.25) is 19.6 Å². The van der Waals surface area contributed by atoms with E-state index in [1.54, 1.807) is 30.5 Å². The Morgan fingerprint density at radius 2 is 1.91 bits per heavy atom. The number of carbonyl (C=O) groups is 2. The summed E-state index contributed by atoms with van der Waals surface area (Å²) in [6, 6.07) is 16.5. The SMILES string of the molecule is CC(=O)Nc1ccc(Oc2cc(C)nc([C@@H]3CCCN(C(=O)c4ccccn4)C3)c2)cc1. The largest absolute Gasteiger partial charge is 0.457 e.